The monoisotopic (exact) mass is 328 g/mol. The largest absolute Gasteiger partial charge is 0.487 e. The number of benzene rings is 1. The van der Waals surface area contributed by atoms with Crippen molar-refractivity contribution in [1.82, 2.24) is 9.78 Å². The Morgan fingerprint density at radius 2 is 1.76 bits per heavy atom. The summed E-state index contributed by atoms with van der Waals surface area (Å²) in [5.41, 5.74) is 3.33. The Bertz CT molecular complexity index is 759. The number of hydrogen-bond acceptors (Lipinski definition) is 4. The number of hydrogen-bond donors (Lipinski definition) is 0. The van der Waals surface area contributed by atoms with Crippen LogP contribution in [0.4, 0.5) is 0 Å². The summed E-state index contributed by atoms with van der Waals surface area (Å²) >= 11 is 0. The van der Waals surface area contributed by atoms with Gasteiger partial charge in [-0.3, -0.25) is 4.68 Å². The summed E-state index contributed by atoms with van der Waals surface area (Å²) in [5.74, 6) is 0.665. The highest BCUT2D eigenvalue weighted by molar-refractivity contribution is 8.13. The fourth-order valence-corrected chi connectivity index (χ4v) is 3.13. The van der Waals surface area contributed by atoms with E-state index >= 15 is 0 Å². The van der Waals surface area contributed by atoms with Gasteiger partial charge < -0.3 is 4.74 Å². The van der Waals surface area contributed by atoms with E-state index in [2.05, 4.69) is 5.10 Å². The van der Waals surface area contributed by atoms with E-state index in [1.807, 2.05) is 20.0 Å². The average molecular weight is 329 g/mol. The molecular formula is C14H17ClN2O3S. The molecule has 0 amide bonds. The molecule has 7 heteroatoms. The molecule has 2 rings (SSSR count). The molecule has 0 spiro atoms. The number of aromatic nitrogens is 2. The first-order valence-corrected chi connectivity index (χ1v) is 8.67. The first-order valence-electron chi connectivity index (χ1n) is 6.36. The van der Waals surface area contributed by atoms with Crippen LogP contribution < -0.4 is 4.74 Å². The highest BCUT2D eigenvalue weighted by Crippen LogP contribution is 2.29. The van der Waals surface area contributed by atoms with Gasteiger partial charge in [0, 0.05) is 17.7 Å². The lowest BCUT2D eigenvalue weighted by molar-refractivity contribution is 0.290. The maximum Gasteiger partial charge on any atom is 0.261 e. The third-order valence-corrected chi connectivity index (χ3v) is 4.51. The Balaban J connectivity index is 2.27. The topological polar surface area (TPSA) is 61.2 Å². The predicted molar refractivity (Wildman–Crippen MR) is 81.2 cm³/mol. The van der Waals surface area contributed by atoms with E-state index in [0.29, 0.717) is 12.4 Å². The molecule has 5 nitrogen and oxygen atoms in total. The van der Waals surface area contributed by atoms with E-state index in [1.165, 1.54) is 12.1 Å². The number of aryl methyl sites for hydroxylation is 4. The molecule has 1 aromatic heterocycles. The molecule has 0 aliphatic rings. The van der Waals surface area contributed by atoms with Gasteiger partial charge in [-0.1, -0.05) is 0 Å². The van der Waals surface area contributed by atoms with Crippen molar-refractivity contribution in [2.45, 2.75) is 32.3 Å². The smallest absolute Gasteiger partial charge is 0.261 e. The van der Waals surface area contributed by atoms with E-state index in [9.17, 15) is 8.42 Å². The molecule has 0 aliphatic carbocycles. The van der Waals surface area contributed by atoms with Gasteiger partial charge >= 0.3 is 0 Å². The molecule has 1 heterocycles. The molecule has 0 saturated heterocycles. The van der Waals surface area contributed by atoms with Crippen molar-refractivity contribution in [2.75, 3.05) is 0 Å². The van der Waals surface area contributed by atoms with Crippen LogP contribution in [0.3, 0.4) is 0 Å². The molecule has 0 aliphatic heterocycles. The van der Waals surface area contributed by atoms with Crippen LogP contribution >= 0.6 is 10.7 Å². The van der Waals surface area contributed by atoms with E-state index < -0.39 is 9.05 Å². The maximum atomic E-state index is 11.4. The SMILES string of the molecule is Cc1cc(COc2c(C)cc(S(=O)(=O)Cl)cc2C)n(C)n1. The van der Waals surface area contributed by atoms with Gasteiger partial charge in [-0.25, -0.2) is 8.42 Å². The van der Waals surface area contributed by atoms with Crippen molar-refractivity contribution in [1.29, 1.82) is 0 Å². The average Bonchev–Trinajstić information content (AvgIpc) is 2.65. The number of ether oxygens (including phenoxy) is 1. The molecule has 0 fully saturated rings. The highest BCUT2D eigenvalue weighted by Gasteiger charge is 2.15. The zero-order chi connectivity index (χ0) is 15.8. The second-order valence-corrected chi connectivity index (χ2v) is 7.58. The lowest BCUT2D eigenvalue weighted by atomic mass is 10.1. The van der Waals surface area contributed by atoms with Crippen molar-refractivity contribution >= 4 is 19.7 Å². The summed E-state index contributed by atoms with van der Waals surface area (Å²) in [4.78, 5) is 0.0860. The Hall–Kier alpha value is -1.53. The first kappa shape index (κ1) is 15.9. The normalized spacial score (nSPS) is 11.7. The van der Waals surface area contributed by atoms with E-state index in [4.69, 9.17) is 15.4 Å². The molecular weight excluding hydrogens is 312 g/mol. The van der Waals surface area contributed by atoms with Crippen LogP contribution in [0.25, 0.3) is 0 Å². The number of halogens is 1. The zero-order valence-electron chi connectivity index (χ0n) is 12.3. The van der Waals surface area contributed by atoms with Crippen LogP contribution in [0.1, 0.15) is 22.5 Å². The summed E-state index contributed by atoms with van der Waals surface area (Å²) in [6.45, 7) is 5.87. The second kappa shape index (κ2) is 5.69. The second-order valence-electron chi connectivity index (χ2n) is 5.01. The minimum Gasteiger partial charge on any atom is -0.487 e. The van der Waals surface area contributed by atoms with Gasteiger partial charge in [0.2, 0.25) is 0 Å². The molecule has 0 N–H and O–H groups in total. The fourth-order valence-electron chi connectivity index (χ4n) is 2.22. The molecule has 0 bridgehead atoms. The maximum absolute atomic E-state index is 11.4. The molecule has 21 heavy (non-hydrogen) atoms. The lowest BCUT2D eigenvalue weighted by Crippen LogP contribution is -2.05. The Labute approximate surface area is 128 Å². The van der Waals surface area contributed by atoms with Crippen LogP contribution in [0.2, 0.25) is 0 Å². The van der Waals surface area contributed by atoms with Crippen molar-refractivity contribution in [3.8, 4) is 5.75 Å². The predicted octanol–water partition coefficient (Wildman–Crippen LogP) is 2.85. The molecule has 0 unspecified atom stereocenters. The van der Waals surface area contributed by atoms with Crippen LogP contribution in [0, 0.1) is 20.8 Å². The van der Waals surface area contributed by atoms with Crippen LogP contribution in [0.15, 0.2) is 23.1 Å². The summed E-state index contributed by atoms with van der Waals surface area (Å²) in [6, 6.07) is 4.97. The number of rotatable bonds is 4. The number of nitrogens with zero attached hydrogens (tertiary/aromatic N) is 2. The summed E-state index contributed by atoms with van der Waals surface area (Å²) in [5, 5.41) is 4.25. The third kappa shape index (κ3) is 3.57. The van der Waals surface area contributed by atoms with Crippen molar-refractivity contribution < 1.29 is 13.2 Å². The van der Waals surface area contributed by atoms with E-state index in [-0.39, 0.29) is 4.90 Å². The van der Waals surface area contributed by atoms with Gasteiger partial charge in [-0.2, -0.15) is 5.10 Å². The van der Waals surface area contributed by atoms with Gasteiger partial charge in [0.25, 0.3) is 9.05 Å². The highest BCUT2D eigenvalue weighted by atomic mass is 35.7. The first-order chi connectivity index (χ1) is 9.68. The van der Waals surface area contributed by atoms with Gasteiger partial charge in [0.05, 0.1) is 16.3 Å². The molecule has 0 atom stereocenters. The van der Waals surface area contributed by atoms with Crippen LogP contribution in [0.5, 0.6) is 5.75 Å². The molecule has 1 aromatic carbocycles. The van der Waals surface area contributed by atoms with Gasteiger partial charge in [-0.05, 0) is 50.1 Å². The summed E-state index contributed by atoms with van der Waals surface area (Å²) < 4.78 is 30.4. The molecule has 114 valence electrons. The summed E-state index contributed by atoms with van der Waals surface area (Å²) in [7, 11) is 3.49. The van der Waals surface area contributed by atoms with Crippen molar-refractivity contribution in [3.63, 3.8) is 0 Å². The van der Waals surface area contributed by atoms with Crippen molar-refractivity contribution in [2.24, 2.45) is 7.05 Å². The lowest BCUT2D eigenvalue weighted by Gasteiger charge is -2.13. The Kier molecular flexibility index (Phi) is 4.30. The van der Waals surface area contributed by atoms with E-state index in [1.54, 1.807) is 18.5 Å². The molecule has 0 saturated carbocycles. The van der Waals surface area contributed by atoms with Gasteiger partial charge in [0.1, 0.15) is 12.4 Å². The van der Waals surface area contributed by atoms with Crippen LogP contribution in [-0.4, -0.2) is 18.2 Å². The minimum absolute atomic E-state index is 0.0860. The van der Waals surface area contributed by atoms with E-state index in [0.717, 1.165) is 22.5 Å². The molecule has 2 aromatic rings. The van der Waals surface area contributed by atoms with Gasteiger partial charge in [-0.15, -0.1) is 0 Å². The quantitative estimate of drug-likeness (QED) is 0.810. The minimum atomic E-state index is -3.73. The standard InChI is InChI=1S/C14H17ClN2O3S/c1-9-5-13(21(15,18)19)6-10(2)14(9)20-8-12-7-11(3)16-17(12)4/h5-7H,8H2,1-4H3. The molecule has 0 radical (unpaired) electrons. The Morgan fingerprint density at radius 1 is 1.19 bits per heavy atom. The zero-order valence-corrected chi connectivity index (χ0v) is 13.9. The Morgan fingerprint density at radius 3 is 2.19 bits per heavy atom. The van der Waals surface area contributed by atoms with Gasteiger partial charge in [0.15, 0.2) is 0 Å². The summed E-state index contributed by atoms with van der Waals surface area (Å²) in [6.07, 6.45) is 0. The van der Waals surface area contributed by atoms with Crippen LogP contribution in [-0.2, 0) is 22.7 Å². The third-order valence-electron chi connectivity index (χ3n) is 3.18. The van der Waals surface area contributed by atoms with Crippen molar-refractivity contribution in [3.05, 3.63) is 40.7 Å². The fraction of sp³-hybridized carbons (Fsp3) is 0.357.